The highest BCUT2D eigenvalue weighted by molar-refractivity contribution is 5.73. The molecule has 1 nitrogen and oxygen atoms in total. The molecule has 10 heavy (non-hydrogen) atoms. The van der Waals surface area contributed by atoms with Gasteiger partial charge in [0.2, 0.25) is 0 Å². The second-order valence-electron chi connectivity index (χ2n) is 2.67. The van der Waals surface area contributed by atoms with Crippen LogP contribution in [0.4, 0.5) is 0 Å². The average molecular weight is 136 g/mol. The number of carbonyl (C=O) groups excluding carboxylic acids is 1. The van der Waals surface area contributed by atoms with Crippen LogP contribution >= 0.6 is 0 Å². The molecule has 0 amide bonds. The van der Waals surface area contributed by atoms with Gasteiger partial charge < -0.3 is 0 Å². The maximum Gasteiger partial charge on any atom is 0.145 e. The lowest BCUT2D eigenvalue weighted by molar-refractivity contribution is -0.105. The van der Waals surface area contributed by atoms with E-state index in [4.69, 9.17) is 0 Å². The van der Waals surface area contributed by atoms with Gasteiger partial charge in [-0.1, -0.05) is 12.2 Å². The highest BCUT2D eigenvalue weighted by Gasteiger charge is 2.09. The van der Waals surface area contributed by atoms with Crippen molar-refractivity contribution in [1.29, 1.82) is 0 Å². The molecule has 0 heterocycles. The molecule has 1 heteroatoms. The van der Waals surface area contributed by atoms with Crippen molar-refractivity contribution in [2.75, 3.05) is 0 Å². The molecule has 0 aliphatic heterocycles. The van der Waals surface area contributed by atoms with Crippen molar-refractivity contribution in [3.8, 4) is 0 Å². The first-order valence-electron chi connectivity index (χ1n) is 3.63. The fraction of sp³-hybridized carbons (Fsp3) is 0.444. The summed E-state index contributed by atoms with van der Waals surface area (Å²) in [6.45, 7) is 3.72. The van der Waals surface area contributed by atoms with Gasteiger partial charge in [0, 0.05) is 0 Å². The lowest BCUT2D eigenvalue weighted by Crippen LogP contribution is -2.02. The molecule has 0 saturated heterocycles. The zero-order valence-corrected chi connectivity index (χ0v) is 6.05. The lowest BCUT2D eigenvalue weighted by Gasteiger charge is -2.14. The summed E-state index contributed by atoms with van der Waals surface area (Å²) >= 11 is 0. The van der Waals surface area contributed by atoms with Crippen molar-refractivity contribution >= 4 is 6.29 Å². The fourth-order valence-electron chi connectivity index (χ4n) is 1.20. The van der Waals surface area contributed by atoms with Gasteiger partial charge in [0.15, 0.2) is 0 Å². The molecular weight excluding hydrogens is 124 g/mol. The third-order valence-corrected chi connectivity index (χ3v) is 1.97. The summed E-state index contributed by atoms with van der Waals surface area (Å²) in [5.74, 6) is 0.601. The Morgan fingerprint density at radius 1 is 1.70 bits per heavy atom. The van der Waals surface area contributed by atoms with Crippen molar-refractivity contribution in [3.63, 3.8) is 0 Å². The maximum absolute atomic E-state index is 10.3. The number of hydrogen-bond donors (Lipinski definition) is 0. The van der Waals surface area contributed by atoms with E-state index in [0.717, 1.165) is 31.1 Å². The van der Waals surface area contributed by atoms with E-state index in [1.54, 1.807) is 0 Å². The van der Waals surface area contributed by atoms with Gasteiger partial charge in [-0.15, -0.1) is 6.58 Å². The predicted octanol–water partition coefficient (Wildman–Crippen LogP) is 2.10. The van der Waals surface area contributed by atoms with Crippen molar-refractivity contribution in [2.45, 2.75) is 19.3 Å². The molecule has 1 atom stereocenters. The average Bonchev–Trinajstić information content (AvgIpc) is 2.05. The van der Waals surface area contributed by atoms with Gasteiger partial charge in [-0.05, 0) is 30.8 Å². The third kappa shape index (κ3) is 1.56. The van der Waals surface area contributed by atoms with Crippen molar-refractivity contribution in [3.05, 3.63) is 24.3 Å². The molecule has 0 bridgehead atoms. The highest BCUT2D eigenvalue weighted by atomic mass is 16.1. The number of aldehydes is 1. The summed E-state index contributed by atoms with van der Waals surface area (Å²) in [5.41, 5.74) is 0.957. The topological polar surface area (TPSA) is 17.1 Å². The van der Waals surface area contributed by atoms with Crippen LogP contribution in [0.15, 0.2) is 24.3 Å². The first-order valence-corrected chi connectivity index (χ1v) is 3.63. The van der Waals surface area contributed by atoms with Gasteiger partial charge in [-0.2, -0.15) is 0 Å². The second-order valence-corrected chi connectivity index (χ2v) is 2.67. The zero-order chi connectivity index (χ0) is 7.40. The van der Waals surface area contributed by atoms with E-state index >= 15 is 0 Å². The summed E-state index contributed by atoms with van der Waals surface area (Å²) in [5, 5.41) is 0. The number of rotatable bonds is 2. The van der Waals surface area contributed by atoms with Gasteiger partial charge in [0.25, 0.3) is 0 Å². The Hall–Kier alpha value is -0.850. The number of carbonyl (C=O) groups is 1. The van der Waals surface area contributed by atoms with Crippen molar-refractivity contribution < 1.29 is 4.79 Å². The molecule has 54 valence electrons. The molecule has 0 fully saturated rings. The van der Waals surface area contributed by atoms with E-state index in [2.05, 4.69) is 6.58 Å². The molecule has 0 unspecified atom stereocenters. The zero-order valence-electron chi connectivity index (χ0n) is 6.05. The van der Waals surface area contributed by atoms with Crippen LogP contribution in [0.3, 0.4) is 0 Å². The minimum absolute atomic E-state index is 0.601. The number of allylic oxidation sites excluding steroid dienone is 3. The molecular formula is C9H12O. The van der Waals surface area contributed by atoms with E-state index < -0.39 is 0 Å². The van der Waals surface area contributed by atoms with Crippen LogP contribution in [0.25, 0.3) is 0 Å². The highest BCUT2D eigenvalue weighted by Crippen LogP contribution is 2.22. The fourth-order valence-corrected chi connectivity index (χ4v) is 1.20. The maximum atomic E-state index is 10.3. The third-order valence-electron chi connectivity index (χ3n) is 1.97. The van der Waals surface area contributed by atoms with Gasteiger partial charge in [-0.25, -0.2) is 0 Å². The van der Waals surface area contributed by atoms with E-state index in [9.17, 15) is 4.79 Å². The second kappa shape index (κ2) is 3.35. The summed E-state index contributed by atoms with van der Waals surface area (Å²) in [7, 11) is 0. The van der Waals surface area contributed by atoms with Gasteiger partial charge >= 0.3 is 0 Å². The van der Waals surface area contributed by atoms with Crippen LogP contribution < -0.4 is 0 Å². The molecule has 0 aromatic rings. The Morgan fingerprint density at radius 2 is 2.50 bits per heavy atom. The van der Waals surface area contributed by atoms with Crippen LogP contribution in [0.2, 0.25) is 0 Å². The molecule has 0 saturated carbocycles. The van der Waals surface area contributed by atoms with Crippen molar-refractivity contribution in [1.82, 2.24) is 0 Å². The molecule has 0 N–H and O–H groups in total. The molecule has 0 aromatic carbocycles. The largest absolute Gasteiger partial charge is 0.298 e. The monoisotopic (exact) mass is 136 g/mol. The molecule has 1 aliphatic carbocycles. The van der Waals surface area contributed by atoms with Gasteiger partial charge in [0.1, 0.15) is 6.29 Å². The normalized spacial score (nSPS) is 25.2. The molecule has 1 rings (SSSR count). The summed E-state index contributed by atoms with van der Waals surface area (Å²) in [4.78, 5) is 10.3. The van der Waals surface area contributed by atoms with E-state index in [-0.39, 0.29) is 0 Å². The Balaban J connectivity index is 2.51. The molecule has 0 radical (unpaired) electrons. The Kier molecular flexibility index (Phi) is 2.43. The predicted molar refractivity (Wildman–Crippen MR) is 41.7 cm³/mol. The smallest absolute Gasteiger partial charge is 0.145 e. The number of hydrogen-bond acceptors (Lipinski definition) is 1. The van der Waals surface area contributed by atoms with Crippen molar-refractivity contribution in [2.24, 2.45) is 5.92 Å². The quantitative estimate of drug-likeness (QED) is 0.419. The lowest BCUT2D eigenvalue weighted by atomic mass is 9.90. The standard InChI is InChI=1S/C9H12O/c1-2-8-3-5-9(7-10)6-4-8/h2,5,7-8H,1,3-4,6H2/t8-/m0/s1. The van der Waals surface area contributed by atoms with E-state index in [1.165, 1.54) is 0 Å². The Morgan fingerprint density at radius 3 is 2.90 bits per heavy atom. The van der Waals surface area contributed by atoms with E-state index in [0.29, 0.717) is 5.92 Å². The Labute approximate surface area is 61.4 Å². The summed E-state index contributed by atoms with van der Waals surface area (Å²) < 4.78 is 0. The van der Waals surface area contributed by atoms with Crippen LogP contribution in [0.1, 0.15) is 19.3 Å². The minimum Gasteiger partial charge on any atom is -0.298 e. The summed E-state index contributed by atoms with van der Waals surface area (Å²) in [6.07, 6.45) is 7.96. The minimum atomic E-state index is 0.601. The van der Waals surface area contributed by atoms with Crippen LogP contribution in [-0.4, -0.2) is 6.29 Å². The first kappa shape index (κ1) is 7.26. The molecule has 1 aliphatic rings. The van der Waals surface area contributed by atoms with Crippen LogP contribution in [0, 0.1) is 5.92 Å². The van der Waals surface area contributed by atoms with Gasteiger partial charge in [-0.3, -0.25) is 4.79 Å². The van der Waals surface area contributed by atoms with Crippen LogP contribution in [-0.2, 0) is 4.79 Å². The molecule has 0 spiro atoms. The SMILES string of the molecule is C=C[C@H]1CC=C(C=O)CC1. The van der Waals surface area contributed by atoms with Crippen LogP contribution in [0.5, 0.6) is 0 Å². The van der Waals surface area contributed by atoms with E-state index in [1.807, 2.05) is 12.2 Å². The van der Waals surface area contributed by atoms with Gasteiger partial charge in [0.05, 0.1) is 0 Å². The summed E-state index contributed by atoms with van der Waals surface area (Å²) in [6, 6.07) is 0. The first-order chi connectivity index (χ1) is 4.86. The Bertz CT molecular complexity index is 168. The molecule has 0 aromatic heterocycles.